The molecule has 1 aromatic carbocycles. The number of nitrogens with one attached hydrogen (secondary N) is 1. The molecule has 0 atom stereocenters. The van der Waals surface area contributed by atoms with Crippen molar-refractivity contribution in [2.45, 2.75) is 32.1 Å². The van der Waals surface area contributed by atoms with E-state index in [1.807, 2.05) is 23.1 Å². The molecule has 2 aliphatic heterocycles. The summed E-state index contributed by atoms with van der Waals surface area (Å²) >= 11 is 0. The smallest absolute Gasteiger partial charge is 0.224 e. The normalized spacial score (nSPS) is 17.7. The second-order valence-electron chi connectivity index (χ2n) is 5.83. The van der Waals surface area contributed by atoms with Crippen LogP contribution in [0.25, 0.3) is 0 Å². The van der Waals surface area contributed by atoms with Gasteiger partial charge in [0.1, 0.15) is 13.2 Å². The lowest BCUT2D eigenvalue weighted by Gasteiger charge is -2.21. The number of carbonyl (C=O) groups is 1. The summed E-state index contributed by atoms with van der Waals surface area (Å²) in [7, 11) is 0. The minimum atomic E-state index is 0.256. The summed E-state index contributed by atoms with van der Waals surface area (Å²) in [6.45, 7) is 3.68. The molecule has 1 N–H and O–H groups in total. The van der Waals surface area contributed by atoms with Crippen LogP contribution in [0.1, 0.15) is 32.1 Å². The number of ether oxygens (including phenoxy) is 2. The Morgan fingerprint density at radius 1 is 1.05 bits per heavy atom. The Hall–Kier alpha value is -1.91. The van der Waals surface area contributed by atoms with E-state index in [1.54, 1.807) is 0 Å². The van der Waals surface area contributed by atoms with Crippen molar-refractivity contribution in [3.63, 3.8) is 0 Å². The first kappa shape index (κ1) is 15.0. The molecule has 0 saturated carbocycles. The third kappa shape index (κ3) is 3.84. The molecule has 1 aromatic rings. The Morgan fingerprint density at radius 3 is 2.55 bits per heavy atom. The molecule has 2 heterocycles. The van der Waals surface area contributed by atoms with E-state index >= 15 is 0 Å². The molecule has 0 unspecified atom stereocenters. The quantitative estimate of drug-likeness (QED) is 0.929. The standard InChI is InChI=1S/C17H24N2O3/c20-17(19-9-3-1-2-4-10-19)7-8-18-14-5-6-15-16(13-14)22-12-11-21-15/h5-6,13,18H,1-4,7-12H2. The van der Waals surface area contributed by atoms with Crippen LogP contribution in [0.2, 0.25) is 0 Å². The average molecular weight is 304 g/mol. The fourth-order valence-corrected chi connectivity index (χ4v) is 2.95. The molecule has 120 valence electrons. The highest BCUT2D eigenvalue weighted by atomic mass is 16.6. The second-order valence-corrected chi connectivity index (χ2v) is 5.83. The topological polar surface area (TPSA) is 50.8 Å². The van der Waals surface area contributed by atoms with E-state index in [1.165, 1.54) is 12.8 Å². The number of likely N-dealkylation sites (tertiary alicyclic amines) is 1. The summed E-state index contributed by atoms with van der Waals surface area (Å²) in [5.41, 5.74) is 0.966. The minimum absolute atomic E-state index is 0.256. The molecule has 0 bridgehead atoms. The Morgan fingerprint density at radius 2 is 1.77 bits per heavy atom. The fourth-order valence-electron chi connectivity index (χ4n) is 2.95. The molecule has 1 fully saturated rings. The van der Waals surface area contributed by atoms with Crippen molar-refractivity contribution < 1.29 is 14.3 Å². The highest BCUT2D eigenvalue weighted by molar-refractivity contribution is 5.76. The zero-order chi connectivity index (χ0) is 15.2. The first-order valence-corrected chi connectivity index (χ1v) is 8.24. The molecule has 0 spiro atoms. The number of benzene rings is 1. The van der Waals surface area contributed by atoms with E-state index < -0.39 is 0 Å². The van der Waals surface area contributed by atoms with Crippen molar-refractivity contribution in [2.75, 3.05) is 38.2 Å². The van der Waals surface area contributed by atoms with Crippen LogP contribution >= 0.6 is 0 Å². The van der Waals surface area contributed by atoms with Gasteiger partial charge < -0.3 is 19.7 Å². The van der Waals surface area contributed by atoms with Gasteiger partial charge in [0.2, 0.25) is 5.91 Å². The van der Waals surface area contributed by atoms with E-state index in [9.17, 15) is 4.79 Å². The molecule has 1 saturated heterocycles. The predicted molar refractivity (Wildman–Crippen MR) is 85.6 cm³/mol. The Kier molecular flexibility index (Phi) is 5.03. The van der Waals surface area contributed by atoms with Gasteiger partial charge in [0, 0.05) is 37.8 Å². The third-order valence-electron chi connectivity index (χ3n) is 4.17. The number of anilines is 1. The monoisotopic (exact) mass is 304 g/mol. The first-order valence-electron chi connectivity index (χ1n) is 8.24. The summed E-state index contributed by atoms with van der Waals surface area (Å²) < 4.78 is 11.1. The van der Waals surface area contributed by atoms with Crippen molar-refractivity contribution in [1.29, 1.82) is 0 Å². The third-order valence-corrected chi connectivity index (χ3v) is 4.17. The SMILES string of the molecule is O=C(CCNc1ccc2c(c1)OCCO2)N1CCCCCC1. The van der Waals surface area contributed by atoms with Crippen LogP contribution in [-0.2, 0) is 4.79 Å². The van der Waals surface area contributed by atoms with E-state index in [0.717, 1.165) is 43.1 Å². The van der Waals surface area contributed by atoms with Crippen molar-refractivity contribution in [3.05, 3.63) is 18.2 Å². The number of hydrogen-bond acceptors (Lipinski definition) is 4. The van der Waals surface area contributed by atoms with Gasteiger partial charge in [-0.2, -0.15) is 0 Å². The average Bonchev–Trinajstić information content (AvgIpc) is 2.84. The largest absolute Gasteiger partial charge is 0.486 e. The number of amides is 1. The van der Waals surface area contributed by atoms with E-state index in [2.05, 4.69) is 5.32 Å². The van der Waals surface area contributed by atoms with Gasteiger partial charge in [-0.3, -0.25) is 4.79 Å². The zero-order valence-electron chi connectivity index (χ0n) is 13.0. The maximum absolute atomic E-state index is 12.2. The summed E-state index contributed by atoms with van der Waals surface area (Å²) in [5, 5.41) is 3.30. The van der Waals surface area contributed by atoms with Gasteiger partial charge >= 0.3 is 0 Å². The zero-order valence-corrected chi connectivity index (χ0v) is 13.0. The highest BCUT2D eigenvalue weighted by Crippen LogP contribution is 2.32. The number of rotatable bonds is 4. The van der Waals surface area contributed by atoms with Gasteiger partial charge in [0.05, 0.1) is 0 Å². The lowest BCUT2D eigenvalue weighted by atomic mass is 10.2. The van der Waals surface area contributed by atoms with Crippen LogP contribution in [-0.4, -0.2) is 43.7 Å². The molecule has 3 rings (SSSR count). The lowest BCUT2D eigenvalue weighted by molar-refractivity contribution is -0.130. The van der Waals surface area contributed by atoms with Crippen molar-refractivity contribution in [1.82, 2.24) is 4.90 Å². The molecule has 0 aliphatic carbocycles. The number of fused-ring (bicyclic) bond motifs is 1. The number of carbonyl (C=O) groups excluding carboxylic acids is 1. The molecular formula is C17H24N2O3. The molecule has 1 amide bonds. The van der Waals surface area contributed by atoms with Crippen LogP contribution in [0.15, 0.2) is 18.2 Å². The van der Waals surface area contributed by atoms with Gasteiger partial charge in [-0.15, -0.1) is 0 Å². The maximum atomic E-state index is 12.2. The second kappa shape index (κ2) is 7.38. The summed E-state index contributed by atoms with van der Waals surface area (Å²) in [4.78, 5) is 14.2. The van der Waals surface area contributed by atoms with Crippen LogP contribution in [0.5, 0.6) is 11.5 Å². The number of nitrogens with zero attached hydrogens (tertiary/aromatic N) is 1. The Bertz CT molecular complexity index is 511. The van der Waals surface area contributed by atoms with E-state index in [-0.39, 0.29) is 5.91 Å². The van der Waals surface area contributed by atoms with Crippen molar-refractivity contribution in [3.8, 4) is 11.5 Å². The van der Waals surface area contributed by atoms with Crippen LogP contribution in [0.3, 0.4) is 0 Å². The molecule has 0 radical (unpaired) electrons. The molecule has 22 heavy (non-hydrogen) atoms. The van der Waals surface area contributed by atoms with Crippen molar-refractivity contribution in [2.24, 2.45) is 0 Å². The van der Waals surface area contributed by atoms with Crippen molar-refractivity contribution >= 4 is 11.6 Å². The summed E-state index contributed by atoms with van der Waals surface area (Å²) in [5.74, 6) is 1.82. The van der Waals surface area contributed by atoms with E-state index in [0.29, 0.717) is 26.2 Å². The predicted octanol–water partition coefficient (Wildman–Crippen LogP) is 2.66. The van der Waals surface area contributed by atoms with Crippen LogP contribution < -0.4 is 14.8 Å². The highest BCUT2D eigenvalue weighted by Gasteiger charge is 2.15. The van der Waals surface area contributed by atoms with Gasteiger partial charge in [0.15, 0.2) is 11.5 Å². The summed E-state index contributed by atoms with van der Waals surface area (Å²) in [6, 6.07) is 5.81. The first-order chi connectivity index (χ1) is 10.8. The molecule has 2 aliphatic rings. The van der Waals surface area contributed by atoms with Gasteiger partial charge in [-0.25, -0.2) is 0 Å². The minimum Gasteiger partial charge on any atom is -0.486 e. The lowest BCUT2D eigenvalue weighted by Crippen LogP contribution is -2.32. The van der Waals surface area contributed by atoms with Crippen LogP contribution in [0, 0.1) is 0 Å². The molecule has 5 heteroatoms. The van der Waals surface area contributed by atoms with Gasteiger partial charge in [0.25, 0.3) is 0 Å². The van der Waals surface area contributed by atoms with Crippen LogP contribution in [0.4, 0.5) is 5.69 Å². The number of hydrogen-bond donors (Lipinski definition) is 1. The molecular weight excluding hydrogens is 280 g/mol. The van der Waals surface area contributed by atoms with Gasteiger partial charge in [-0.05, 0) is 25.0 Å². The Balaban J connectivity index is 1.47. The van der Waals surface area contributed by atoms with E-state index in [4.69, 9.17) is 9.47 Å². The fraction of sp³-hybridized carbons (Fsp3) is 0.588. The Labute approximate surface area is 131 Å². The van der Waals surface area contributed by atoms with Gasteiger partial charge in [-0.1, -0.05) is 12.8 Å². The summed E-state index contributed by atoms with van der Waals surface area (Å²) in [6.07, 6.45) is 5.32. The molecule has 0 aromatic heterocycles. The maximum Gasteiger partial charge on any atom is 0.224 e. The molecule has 5 nitrogen and oxygen atoms in total.